The number of fused-ring (bicyclic) bond motifs is 1. The van der Waals surface area contributed by atoms with E-state index in [1.54, 1.807) is 30.3 Å². The van der Waals surface area contributed by atoms with E-state index in [0.29, 0.717) is 23.2 Å². The maximum absolute atomic E-state index is 14.1. The van der Waals surface area contributed by atoms with Crippen LogP contribution in [0.5, 0.6) is 0 Å². The highest BCUT2D eigenvalue weighted by Crippen LogP contribution is 2.46. The van der Waals surface area contributed by atoms with Gasteiger partial charge in [-0.15, -0.1) is 11.3 Å². The normalized spacial score (nSPS) is 16.6. The van der Waals surface area contributed by atoms with Gasteiger partial charge < -0.3 is 5.32 Å². The molecule has 0 spiro atoms. The standard InChI is InChI=1S/C19H13F2NOS/c20-12-7-5-11(6-8-12)14-9-17(23)22-18-15(10-24-19(14)18)13-3-1-2-4-16(13)21/h1-8,10,14H,9H2,(H,22,23). The van der Waals surface area contributed by atoms with Crippen LogP contribution in [-0.2, 0) is 4.79 Å². The highest BCUT2D eigenvalue weighted by molar-refractivity contribution is 7.11. The van der Waals surface area contributed by atoms with Crippen molar-refractivity contribution in [2.75, 3.05) is 5.32 Å². The summed E-state index contributed by atoms with van der Waals surface area (Å²) in [6, 6.07) is 12.7. The summed E-state index contributed by atoms with van der Waals surface area (Å²) in [6.07, 6.45) is 0.301. The van der Waals surface area contributed by atoms with Crippen molar-refractivity contribution in [1.82, 2.24) is 0 Å². The molecule has 1 atom stereocenters. The number of hydrogen-bond acceptors (Lipinski definition) is 2. The molecule has 0 radical (unpaired) electrons. The Morgan fingerprint density at radius 3 is 2.50 bits per heavy atom. The third kappa shape index (κ3) is 2.51. The molecule has 3 aromatic rings. The van der Waals surface area contributed by atoms with E-state index in [9.17, 15) is 13.6 Å². The first-order valence-electron chi connectivity index (χ1n) is 7.55. The summed E-state index contributed by atoms with van der Waals surface area (Å²) in [5.41, 5.74) is 2.70. The minimum absolute atomic E-state index is 0.118. The Morgan fingerprint density at radius 2 is 1.75 bits per heavy atom. The second-order valence-electron chi connectivity index (χ2n) is 5.72. The minimum Gasteiger partial charge on any atom is -0.325 e. The van der Waals surface area contributed by atoms with Crippen LogP contribution < -0.4 is 5.32 Å². The number of nitrogens with one attached hydrogen (secondary N) is 1. The smallest absolute Gasteiger partial charge is 0.225 e. The van der Waals surface area contributed by atoms with Gasteiger partial charge in [0.1, 0.15) is 11.6 Å². The first-order chi connectivity index (χ1) is 11.6. The summed E-state index contributed by atoms with van der Waals surface area (Å²) in [5.74, 6) is -0.888. The zero-order valence-corrected chi connectivity index (χ0v) is 13.4. The molecule has 2 aromatic carbocycles. The number of anilines is 1. The lowest BCUT2D eigenvalue weighted by molar-refractivity contribution is -0.116. The Bertz CT molecular complexity index is 917. The molecule has 0 aliphatic carbocycles. The van der Waals surface area contributed by atoms with E-state index >= 15 is 0 Å². The summed E-state index contributed by atoms with van der Waals surface area (Å²) in [5, 5.41) is 4.74. The molecule has 0 saturated carbocycles. The molecule has 1 N–H and O–H groups in total. The molecule has 5 heteroatoms. The van der Waals surface area contributed by atoms with Crippen molar-refractivity contribution >= 4 is 22.9 Å². The van der Waals surface area contributed by atoms with Crippen molar-refractivity contribution in [2.45, 2.75) is 12.3 Å². The third-order valence-electron chi connectivity index (χ3n) is 4.23. The lowest BCUT2D eigenvalue weighted by Gasteiger charge is -2.24. The number of amides is 1. The number of rotatable bonds is 2. The molecule has 1 aromatic heterocycles. The van der Waals surface area contributed by atoms with E-state index in [-0.39, 0.29) is 23.5 Å². The molecular formula is C19H13F2NOS. The molecule has 120 valence electrons. The maximum Gasteiger partial charge on any atom is 0.225 e. The highest BCUT2D eigenvalue weighted by atomic mass is 32.1. The fourth-order valence-corrected chi connectivity index (χ4v) is 4.22. The van der Waals surface area contributed by atoms with Gasteiger partial charge in [-0.05, 0) is 23.8 Å². The van der Waals surface area contributed by atoms with Crippen LogP contribution in [-0.4, -0.2) is 5.91 Å². The van der Waals surface area contributed by atoms with Crippen molar-refractivity contribution < 1.29 is 13.6 Å². The van der Waals surface area contributed by atoms with Crippen LogP contribution in [0.15, 0.2) is 53.9 Å². The van der Waals surface area contributed by atoms with E-state index in [1.807, 2.05) is 5.38 Å². The number of carbonyl (C=O) groups excluding carboxylic acids is 1. The van der Waals surface area contributed by atoms with Crippen LogP contribution in [0.4, 0.5) is 14.5 Å². The van der Waals surface area contributed by atoms with E-state index in [0.717, 1.165) is 10.4 Å². The number of carbonyl (C=O) groups is 1. The average molecular weight is 341 g/mol. The predicted octanol–water partition coefficient (Wildman–Crippen LogP) is 5.17. The van der Waals surface area contributed by atoms with Crippen LogP contribution >= 0.6 is 11.3 Å². The molecule has 24 heavy (non-hydrogen) atoms. The van der Waals surface area contributed by atoms with Gasteiger partial charge in [-0.3, -0.25) is 4.79 Å². The van der Waals surface area contributed by atoms with Gasteiger partial charge in [0.05, 0.1) is 5.69 Å². The summed E-state index contributed by atoms with van der Waals surface area (Å²) in [4.78, 5) is 13.1. The summed E-state index contributed by atoms with van der Waals surface area (Å²) >= 11 is 1.49. The van der Waals surface area contributed by atoms with Crippen LogP contribution in [0.25, 0.3) is 11.1 Å². The van der Waals surface area contributed by atoms with Crippen molar-refractivity contribution in [1.29, 1.82) is 0 Å². The SMILES string of the molecule is O=C1CC(c2ccc(F)cc2)c2scc(-c3ccccc3F)c2N1. The second kappa shape index (κ2) is 5.83. The van der Waals surface area contributed by atoms with E-state index in [4.69, 9.17) is 0 Å². The zero-order chi connectivity index (χ0) is 16.7. The Kier molecular flexibility index (Phi) is 3.65. The lowest BCUT2D eigenvalue weighted by atomic mass is 9.89. The minimum atomic E-state index is -0.323. The molecule has 0 saturated heterocycles. The molecule has 0 bridgehead atoms. The molecule has 2 heterocycles. The van der Waals surface area contributed by atoms with Gasteiger partial charge in [-0.2, -0.15) is 0 Å². The maximum atomic E-state index is 14.1. The van der Waals surface area contributed by atoms with E-state index in [1.165, 1.54) is 29.5 Å². The summed E-state index contributed by atoms with van der Waals surface area (Å²) < 4.78 is 27.3. The molecular weight excluding hydrogens is 328 g/mol. The van der Waals surface area contributed by atoms with Gasteiger partial charge in [0.15, 0.2) is 0 Å². The van der Waals surface area contributed by atoms with E-state index < -0.39 is 0 Å². The van der Waals surface area contributed by atoms with Gasteiger partial charge in [0.2, 0.25) is 5.91 Å². The lowest BCUT2D eigenvalue weighted by Crippen LogP contribution is -2.22. The first kappa shape index (κ1) is 15.0. The van der Waals surface area contributed by atoms with Crippen LogP contribution in [0, 0.1) is 11.6 Å². The summed E-state index contributed by atoms with van der Waals surface area (Å²) in [6.45, 7) is 0. The van der Waals surface area contributed by atoms with Crippen molar-refractivity contribution in [3.63, 3.8) is 0 Å². The van der Waals surface area contributed by atoms with Gasteiger partial charge in [-0.1, -0.05) is 30.3 Å². The third-order valence-corrected chi connectivity index (χ3v) is 5.32. The molecule has 4 rings (SSSR count). The fraction of sp³-hybridized carbons (Fsp3) is 0.105. The molecule has 1 amide bonds. The fourth-order valence-electron chi connectivity index (χ4n) is 3.07. The van der Waals surface area contributed by atoms with E-state index in [2.05, 4.69) is 5.32 Å². The topological polar surface area (TPSA) is 29.1 Å². The number of thiophene rings is 1. The predicted molar refractivity (Wildman–Crippen MR) is 91.2 cm³/mol. The Labute approximate surface area is 141 Å². The number of benzene rings is 2. The van der Waals surface area contributed by atoms with Gasteiger partial charge >= 0.3 is 0 Å². The molecule has 1 aliphatic heterocycles. The number of hydrogen-bond donors (Lipinski definition) is 1. The second-order valence-corrected chi connectivity index (χ2v) is 6.64. The van der Waals surface area contributed by atoms with Crippen LogP contribution in [0.2, 0.25) is 0 Å². The quantitative estimate of drug-likeness (QED) is 0.685. The van der Waals surface area contributed by atoms with Crippen molar-refractivity contribution in [3.8, 4) is 11.1 Å². The van der Waals surface area contributed by atoms with Gasteiger partial charge in [0.25, 0.3) is 0 Å². The Morgan fingerprint density at radius 1 is 1.00 bits per heavy atom. The Balaban J connectivity index is 1.83. The molecule has 1 unspecified atom stereocenters. The van der Waals surface area contributed by atoms with Gasteiger partial charge in [-0.25, -0.2) is 8.78 Å². The summed E-state index contributed by atoms with van der Waals surface area (Å²) in [7, 11) is 0. The number of halogens is 2. The average Bonchev–Trinajstić information content (AvgIpc) is 2.99. The molecule has 2 nitrogen and oxygen atoms in total. The first-order valence-corrected chi connectivity index (χ1v) is 8.43. The monoisotopic (exact) mass is 341 g/mol. The highest BCUT2D eigenvalue weighted by Gasteiger charge is 2.30. The largest absolute Gasteiger partial charge is 0.325 e. The van der Waals surface area contributed by atoms with Crippen LogP contribution in [0.1, 0.15) is 22.8 Å². The molecule has 0 fully saturated rings. The zero-order valence-electron chi connectivity index (χ0n) is 12.6. The van der Waals surface area contributed by atoms with Crippen LogP contribution in [0.3, 0.4) is 0 Å². The molecule has 1 aliphatic rings. The van der Waals surface area contributed by atoms with Crippen molar-refractivity contribution in [3.05, 3.63) is 76.0 Å². The van der Waals surface area contributed by atoms with Crippen molar-refractivity contribution in [2.24, 2.45) is 0 Å². The Hall–Kier alpha value is -2.53. The van der Waals surface area contributed by atoms with Gasteiger partial charge in [0, 0.05) is 33.7 Å².